The smallest absolute Gasteiger partial charge is 0.268 e. The highest BCUT2D eigenvalue weighted by Crippen LogP contribution is 2.38. The highest BCUT2D eigenvalue weighted by atomic mass is 79.9. The molecule has 0 radical (unpaired) electrons. The third-order valence-corrected chi connectivity index (χ3v) is 3.98. The molecule has 2 aromatic rings. The van der Waals surface area contributed by atoms with Crippen LogP contribution in [-0.4, -0.2) is 11.8 Å². The lowest BCUT2D eigenvalue weighted by molar-refractivity contribution is -0.137. The molecular formula is C15H7BrF3NO2. The molecule has 0 unspecified atom stereocenters. The number of amides is 2. The minimum atomic E-state index is -4.56. The zero-order valence-electron chi connectivity index (χ0n) is 10.8. The Kier molecular flexibility index (Phi) is 3.32. The Bertz CT molecular complexity index is 767. The van der Waals surface area contributed by atoms with E-state index < -0.39 is 23.6 Å². The number of carbonyl (C=O) groups is 2. The first kappa shape index (κ1) is 14.8. The SMILES string of the molecule is O=C1c2ccccc2C(=O)N1c1cc(C(F)(F)F)ccc1Br. The molecule has 3 rings (SSSR count). The molecule has 0 aromatic heterocycles. The van der Waals surface area contributed by atoms with E-state index in [1.165, 1.54) is 18.2 Å². The second-order valence-electron chi connectivity index (χ2n) is 4.66. The fourth-order valence-electron chi connectivity index (χ4n) is 2.27. The van der Waals surface area contributed by atoms with Gasteiger partial charge in [-0.25, -0.2) is 4.90 Å². The number of anilines is 1. The van der Waals surface area contributed by atoms with Gasteiger partial charge in [0, 0.05) is 4.47 Å². The number of fused-ring (bicyclic) bond motifs is 1. The van der Waals surface area contributed by atoms with Gasteiger partial charge in [-0.15, -0.1) is 0 Å². The van der Waals surface area contributed by atoms with Gasteiger partial charge < -0.3 is 0 Å². The van der Waals surface area contributed by atoms with Crippen LogP contribution in [0.5, 0.6) is 0 Å². The van der Waals surface area contributed by atoms with Crippen molar-refractivity contribution in [3.63, 3.8) is 0 Å². The van der Waals surface area contributed by atoms with Crippen molar-refractivity contribution in [2.24, 2.45) is 0 Å². The molecule has 0 bridgehead atoms. The van der Waals surface area contributed by atoms with Crippen LogP contribution >= 0.6 is 15.9 Å². The number of alkyl halides is 3. The summed E-state index contributed by atoms with van der Waals surface area (Å²) in [5.41, 5.74) is -0.697. The molecule has 0 aliphatic carbocycles. The van der Waals surface area contributed by atoms with Crippen molar-refractivity contribution >= 4 is 33.4 Å². The molecule has 1 heterocycles. The van der Waals surface area contributed by atoms with Crippen molar-refractivity contribution in [2.75, 3.05) is 4.90 Å². The molecule has 0 N–H and O–H groups in total. The molecule has 0 saturated carbocycles. The predicted octanol–water partition coefficient (Wildman–Crippen LogP) is 4.27. The number of hydrogen-bond acceptors (Lipinski definition) is 2. The van der Waals surface area contributed by atoms with Crippen LogP contribution in [0.15, 0.2) is 46.9 Å². The molecule has 0 saturated heterocycles. The van der Waals surface area contributed by atoms with Crippen molar-refractivity contribution < 1.29 is 22.8 Å². The van der Waals surface area contributed by atoms with Gasteiger partial charge in [-0.05, 0) is 46.3 Å². The summed E-state index contributed by atoms with van der Waals surface area (Å²) in [6.07, 6.45) is -4.56. The summed E-state index contributed by atoms with van der Waals surface area (Å²) in [5.74, 6) is -1.28. The average Bonchev–Trinajstić information content (AvgIpc) is 2.71. The van der Waals surface area contributed by atoms with Gasteiger partial charge >= 0.3 is 6.18 Å². The van der Waals surface area contributed by atoms with Gasteiger partial charge in [0.05, 0.1) is 22.4 Å². The highest BCUT2D eigenvalue weighted by Gasteiger charge is 2.39. The van der Waals surface area contributed by atoms with Crippen LogP contribution in [0.2, 0.25) is 0 Å². The first-order valence-electron chi connectivity index (χ1n) is 6.15. The lowest BCUT2D eigenvalue weighted by atomic mass is 10.1. The van der Waals surface area contributed by atoms with Crippen molar-refractivity contribution in [1.82, 2.24) is 0 Å². The molecule has 3 nitrogen and oxygen atoms in total. The number of hydrogen-bond donors (Lipinski definition) is 0. The molecule has 7 heteroatoms. The van der Waals surface area contributed by atoms with Crippen molar-refractivity contribution in [3.8, 4) is 0 Å². The maximum atomic E-state index is 12.8. The van der Waals surface area contributed by atoms with E-state index in [4.69, 9.17) is 0 Å². The fraction of sp³-hybridized carbons (Fsp3) is 0.0667. The number of imide groups is 1. The van der Waals surface area contributed by atoms with Gasteiger partial charge in [-0.2, -0.15) is 13.2 Å². The Labute approximate surface area is 131 Å². The van der Waals surface area contributed by atoms with Gasteiger partial charge in [0.25, 0.3) is 11.8 Å². The Morgan fingerprint density at radius 3 is 1.95 bits per heavy atom. The van der Waals surface area contributed by atoms with E-state index in [-0.39, 0.29) is 21.3 Å². The van der Waals surface area contributed by atoms with Gasteiger partial charge in [0.1, 0.15) is 0 Å². The molecule has 2 aromatic carbocycles. The maximum absolute atomic E-state index is 12.8. The summed E-state index contributed by atoms with van der Waals surface area (Å²) in [4.78, 5) is 25.4. The summed E-state index contributed by atoms with van der Waals surface area (Å²) < 4.78 is 38.8. The van der Waals surface area contributed by atoms with Gasteiger partial charge in [-0.3, -0.25) is 9.59 Å². The van der Waals surface area contributed by atoms with Gasteiger partial charge in [0.15, 0.2) is 0 Å². The number of nitrogens with zero attached hydrogens (tertiary/aromatic N) is 1. The summed E-state index contributed by atoms with van der Waals surface area (Å²) in [6, 6.07) is 8.96. The van der Waals surface area contributed by atoms with Crippen LogP contribution in [0.1, 0.15) is 26.3 Å². The van der Waals surface area contributed by atoms with Crippen molar-refractivity contribution in [2.45, 2.75) is 6.18 Å². The number of halogens is 4. The quantitative estimate of drug-likeness (QED) is 0.704. The van der Waals surface area contributed by atoms with Gasteiger partial charge in [0.2, 0.25) is 0 Å². The number of benzene rings is 2. The van der Waals surface area contributed by atoms with E-state index in [9.17, 15) is 22.8 Å². The summed E-state index contributed by atoms with van der Waals surface area (Å²) >= 11 is 3.09. The van der Waals surface area contributed by atoms with Crippen LogP contribution in [0.4, 0.5) is 18.9 Å². The van der Waals surface area contributed by atoms with Crippen molar-refractivity contribution in [1.29, 1.82) is 0 Å². The van der Waals surface area contributed by atoms with E-state index in [1.54, 1.807) is 12.1 Å². The molecule has 0 spiro atoms. The van der Waals surface area contributed by atoms with Gasteiger partial charge in [-0.1, -0.05) is 12.1 Å². The average molecular weight is 370 g/mol. The van der Waals surface area contributed by atoms with Crippen LogP contribution in [0.25, 0.3) is 0 Å². The van der Waals surface area contributed by atoms with Crippen molar-refractivity contribution in [3.05, 3.63) is 63.6 Å². The maximum Gasteiger partial charge on any atom is 0.416 e. The minimum absolute atomic E-state index is 0.124. The normalized spacial score (nSPS) is 14.5. The zero-order chi connectivity index (χ0) is 16.1. The molecule has 2 amide bonds. The van der Waals surface area contributed by atoms with E-state index in [1.807, 2.05) is 0 Å². The Balaban J connectivity index is 2.14. The summed E-state index contributed by atoms with van der Waals surface area (Å²) in [5, 5.41) is 0. The number of rotatable bonds is 1. The van der Waals surface area contributed by atoms with Crippen LogP contribution in [0, 0.1) is 0 Å². The number of carbonyl (C=O) groups excluding carboxylic acids is 2. The summed E-state index contributed by atoms with van der Waals surface area (Å²) in [7, 11) is 0. The first-order valence-corrected chi connectivity index (χ1v) is 6.94. The highest BCUT2D eigenvalue weighted by molar-refractivity contribution is 9.10. The van der Waals surface area contributed by atoms with Crippen LogP contribution in [0.3, 0.4) is 0 Å². The topological polar surface area (TPSA) is 37.4 Å². The Hall–Kier alpha value is -2.15. The molecule has 112 valence electrons. The zero-order valence-corrected chi connectivity index (χ0v) is 12.4. The minimum Gasteiger partial charge on any atom is -0.268 e. The van der Waals surface area contributed by atoms with E-state index >= 15 is 0 Å². The lowest BCUT2D eigenvalue weighted by Crippen LogP contribution is -2.30. The molecule has 0 fully saturated rings. The third-order valence-electron chi connectivity index (χ3n) is 3.31. The van der Waals surface area contributed by atoms with E-state index in [2.05, 4.69) is 15.9 Å². The van der Waals surface area contributed by atoms with Crippen LogP contribution < -0.4 is 4.90 Å². The molecule has 0 atom stereocenters. The van der Waals surface area contributed by atoms with E-state index in [0.717, 1.165) is 17.0 Å². The third kappa shape index (κ3) is 2.21. The molecule has 22 heavy (non-hydrogen) atoms. The Morgan fingerprint density at radius 1 is 0.909 bits per heavy atom. The second-order valence-corrected chi connectivity index (χ2v) is 5.51. The van der Waals surface area contributed by atoms with E-state index in [0.29, 0.717) is 0 Å². The lowest BCUT2D eigenvalue weighted by Gasteiger charge is -2.17. The van der Waals surface area contributed by atoms with Crippen LogP contribution in [-0.2, 0) is 6.18 Å². The largest absolute Gasteiger partial charge is 0.416 e. The Morgan fingerprint density at radius 2 is 1.45 bits per heavy atom. The first-order chi connectivity index (χ1) is 10.3. The monoisotopic (exact) mass is 369 g/mol. The molecular weight excluding hydrogens is 363 g/mol. The second kappa shape index (κ2) is 4.95. The predicted molar refractivity (Wildman–Crippen MR) is 76.7 cm³/mol. The molecule has 1 aliphatic heterocycles. The molecule has 1 aliphatic rings. The summed E-state index contributed by atoms with van der Waals surface area (Å²) in [6.45, 7) is 0. The fourth-order valence-corrected chi connectivity index (χ4v) is 2.69. The standard InChI is InChI=1S/C15H7BrF3NO2/c16-11-6-5-8(15(17,18)19)7-12(11)20-13(21)9-3-1-2-4-10(9)14(20)22/h1-7H.